The third kappa shape index (κ3) is 5.96. The summed E-state index contributed by atoms with van der Waals surface area (Å²) >= 11 is 0. The van der Waals surface area contributed by atoms with Crippen LogP contribution in [0.25, 0.3) is 0 Å². The summed E-state index contributed by atoms with van der Waals surface area (Å²) < 4.78 is 42.7. The largest absolute Gasteiger partial charge is 0.490 e. The quantitative estimate of drug-likeness (QED) is 0.776. The number of alkyl halides is 3. The Morgan fingerprint density at radius 1 is 1.23 bits per heavy atom. The Morgan fingerprint density at radius 3 is 2.60 bits per heavy atom. The molecule has 0 spiro atoms. The van der Waals surface area contributed by atoms with Crippen molar-refractivity contribution in [2.24, 2.45) is 17.8 Å². The number of likely N-dealkylation sites (tertiary alicyclic amines) is 1. The van der Waals surface area contributed by atoms with Gasteiger partial charge in [0.15, 0.2) is 0 Å². The Hall–Kier alpha value is -2.11. The normalized spacial score (nSPS) is 26.8. The van der Waals surface area contributed by atoms with Gasteiger partial charge in [0.2, 0.25) is 5.91 Å². The van der Waals surface area contributed by atoms with E-state index in [0.29, 0.717) is 37.4 Å². The van der Waals surface area contributed by atoms with Crippen LogP contribution in [-0.2, 0) is 25.7 Å². The third-order valence-corrected chi connectivity index (χ3v) is 5.53. The number of rotatable bonds is 4. The molecule has 168 valence electrons. The number of hydrogen-bond acceptors (Lipinski definition) is 6. The van der Waals surface area contributed by atoms with Gasteiger partial charge < -0.3 is 14.3 Å². The SMILES string of the molecule is O=C(C[C@@H]1COC[C@H]2CN(Cc3ccoc3)C[C@@H]12)N1CCCO1.O=C(O)C(F)(F)F. The van der Waals surface area contributed by atoms with Crippen LogP contribution in [0, 0.1) is 17.8 Å². The number of carbonyl (C=O) groups excluding carboxylic acids is 1. The number of furan rings is 1. The first kappa shape index (κ1) is 22.6. The second-order valence-corrected chi connectivity index (χ2v) is 7.74. The molecule has 1 amide bonds. The second-order valence-electron chi connectivity index (χ2n) is 7.74. The molecule has 0 saturated carbocycles. The summed E-state index contributed by atoms with van der Waals surface area (Å²) in [6.07, 6.45) is -0.0680. The molecule has 0 aliphatic carbocycles. The first-order valence-electron chi connectivity index (χ1n) is 9.78. The summed E-state index contributed by atoms with van der Waals surface area (Å²) in [5, 5.41) is 8.67. The van der Waals surface area contributed by atoms with E-state index in [1.165, 1.54) is 5.56 Å². The summed E-state index contributed by atoms with van der Waals surface area (Å²) in [5.74, 6) is -1.26. The van der Waals surface area contributed by atoms with E-state index in [1.54, 1.807) is 11.3 Å². The van der Waals surface area contributed by atoms with Crippen LogP contribution in [0.2, 0.25) is 0 Å². The lowest BCUT2D eigenvalue weighted by Gasteiger charge is -2.33. The number of fused-ring (bicyclic) bond motifs is 1. The first-order valence-corrected chi connectivity index (χ1v) is 9.78. The van der Waals surface area contributed by atoms with Gasteiger partial charge in [0.25, 0.3) is 0 Å². The fourth-order valence-electron chi connectivity index (χ4n) is 4.14. The van der Waals surface area contributed by atoms with Gasteiger partial charge in [-0.25, -0.2) is 9.86 Å². The average Bonchev–Trinajstić information content (AvgIpc) is 3.43. The fourth-order valence-corrected chi connectivity index (χ4v) is 4.14. The molecular formula is C19H25F3N2O6. The maximum Gasteiger partial charge on any atom is 0.490 e. The number of halogens is 3. The van der Waals surface area contributed by atoms with Crippen LogP contribution in [0.4, 0.5) is 13.2 Å². The van der Waals surface area contributed by atoms with Gasteiger partial charge >= 0.3 is 12.1 Å². The smallest absolute Gasteiger partial charge is 0.475 e. The topological polar surface area (TPSA) is 92.5 Å². The molecule has 3 atom stereocenters. The van der Waals surface area contributed by atoms with Gasteiger partial charge in [-0.05, 0) is 30.2 Å². The summed E-state index contributed by atoms with van der Waals surface area (Å²) in [7, 11) is 0. The van der Waals surface area contributed by atoms with Gasteiger partial charge in [-0.3, -0.25) is 14.5 Å². The predicted molar refractivity (Wildman–Crippen MR) is 95.9 cm³/mol. The molecule has 4 heterocycles. The van der Waals surface area contributed by atoms with Crippen LogP contribution in [0.3, 0.4) is 0 Å². The highest BCUT2D eigenvalue weighted by Crippen LogP contribution is 2.36. The lowest BCUT2D eigenvalue weighted by molar-refractivity contribution is -0.192. The van der Waals surface area contributed by atoms with Crippen LogP contribution < -0.4 is 0 Å². The highest BCUT2D eigenvalue weighted by molar-refractivity contribution is 5.75. The summed E-state index contributed by atoms with van der Waals surface area (Å²) in [6.45, 7) is 5.90. The van der Waals surface area contributed by atoms with E-state index >= 15 is 0 Å². The van der Waals surface area contributed by atoms with E-state index in [0.717, 1.165) is 39.2 Å². The summed E-state index contributed by atoms with van der Waals surface area (Å²) in [6, 6.07) is 2.02. The van der Waals surface area contributed by atoms with Gasteiger partial charge in [-0.15, -0.1) is 0 Å². The Balaban J connectivity index is 0.000000318. The number of aliphatic carboxylic acids is 1. The number of nitrogens with zero attached hydrogens (tertiary/aromatic N) is 2. The van der Waals surface area contributed by atoms with Crippen molar-refractivity contribution in [3.8, 4) is 0 Å². The minimum atomic E-state index is -5.08. The number of carboxylic acid groups (broad SMARTS) is 1. The molecule has 1 aromatic rings. The molecule has 8 nitrogen and oxygen atoms in total. The zero-order chi connectivity index (χ0) is 21.7. The van der Waals surface area contributed by atoms with Crippen molar-refractivity contribution < 1.29 is 41.9 Å². The number of amides is 1. The molecule has 30 heavy (non-hydrogen) atoms. The molecule has 0 unspecified atom stereocenters. The van der Waals surface area contributed by atoms with Gasteiger partial charge in [0, 0.05) is 31.6 Å². The second kappa shape index (κ2) is 9.80. The molecule has 3 saturated heterocycles. The maximum absolute atomic E-state index is 12.4. The van der Waals surface area contributed by atoms with Crippen molar-refractivity contribution in [1.29, 1.82) is 0 Å². The van der Waals surface area contributed by atoms with E-state index in [9.17, 15) is 18.0 Å². The molecule has 0 bridgehead atoms. The minimum Gasteiger partial charge on any atom is -0.475 e. The van der Waals surface area contributed by atoms with Crippen molar-refractivity contribution in [2.75, 3.05) is 39.5 Å². The average molecular weight is 434 g/mol. The van der Waals surface area contributed by atoms with Crippen molar-refractivity contribution in [3.63, 3.8) is 0 Å². The Bertz CT molecular complexity index is 706. The van der Waals surface area contributed by atoms with Crippen molar-refractivity contribution in [3.05, 3.63) is 24.2 Å². The highest BCUT2D eigenvalue weighted by atomic mass is 19.4. The number of ether oxygens (including phenoxy) is 1. The molecule has 0 aromatic carbocycles. The molecular weight excluding hydrogens is 409 g/mol. The van der Waals surface area contributed by atoms with Crippen LogP contribution >= 0.6 is 0 Å². The Morgan fingerprint density at radius 2 is 2.00 bits per heavy atom. The number of hydrogen-bond donors (Lipinski definition) is 1. The van der Waals surface area contributed by atoms with Crippen molar-refractivity contribution in [2.45, 2.75) is 25.6 Å². The molecule has 3 aliphatic heterocycles. The van der Waals surface area contributed by atoms with E-state index in [1.807, 2.05) is 12.3 Å². The fraction of sp³-hybridized carbons (Fsp3) is 0.684. The van der Waals surface area contributed by atoms with E-state index in [4.69, 9.17) is 23.9 Å². The van der Waals surface area contributed by atoms with Gasteiger partial charge in [-0.2, -0.15) is 13.2 Å². The minimum absolute atomic E-state index is 0.116. The third-order valence-electron chi connectivity index (χ3n) is 5.53. The molecule has 1 aromatic heterocycles. The highest BCUT2D eigenvalue weighted by Gasteiger charge is 2.42. The standard InChI is InChI=1S/C17H24N2O4.C2HF3O2/c20-17(19-3-1-4-23-19)6-14-11-22-12-15-8-18(9-16(14)15)7-13-2-5-21-10-13;3-2(4,5)1(6)7/h2,5,10,14-16H,1,3-4,6-9,11-12H2;(H,6,7)/t14-,15-,16+;/m1./s1. The van der Waals surface area contributed by atoms with Crippen molar-refractivity contribution in [1.82, 2.24) is 9.96 Å². The molecule has 4 rings (SSSR count). The van der Waals surface area contributed by atoms with E-state index in [-0.39, 0.29) is 5.91 Å². The van der Waals surface area contributed by atoms with Crippen LogP contribution in [0.15, 0.2) is 23.0 Å². The van der Waals surface area contributed by atoms with Crippen LogP contribution in [0.1, 0.15) is 18.4 Å². The molecule has 3 aliphatic rings. The number of hydroxylamine groups is 2. The zero-order valence-electron chi connectivity index (χ0n) is 16.3. The predicted octanol–water partition coefficient (Wildman–Crippen LogP) is 2.16. The zero-order valence-corrected chi connectivity index (χ0v) is 16.3. The summed E-state index contributed by atoms with van der Waals surface area (Å²) in [5.41, 5.74) is 1.21. The molecule has 0 radical (unpaired) electrons. The summed E-state index contributed by atoms with van der Waals surface area (Å²) in [4.78, 5) is 29.1. The van der Waals surface area contributed by atoms with E-state index in [2.05, 4.69) is 4.90 Å². The Kier molecular flexibility index (Phi) is 7.37. The van der Waals surface area contributed by atoms with Crippen molar-refractivity contribution >= 4 is 11.9 Å². The Labute approximate surface area is 171 Å². The number of carboxylic acids is 1. The van der Waals surface area contributed by atoms with Crippen LogP contribution in [-0.4, -0.2) is 72.6 Å². The monoisotopic (exact) mass is 434 g/mol. The van der Waals surface area contributed by atoms with Gasteiger partial charge in [0.05, 0.1) is 38.9 Å². The maximum atomic E-state index is 12.4. The lowest BCUT2D eigenvalue weighted by atomic mass is 9.81. The van der Waals surface area contributed by atoms with Crippen LogP contribution in [0.5, 0.6) is 0 Å². The molecule has 3 fully saturated rings. The number of carbonyl (C=O) groups is 2. The lowest BCUT2D eigenvalue weighted by Crippen LogP contribution is -2.38. The van der Waals surface area contributed by atoms with Gasteiger partial charge in [-0.1, -0.05) is 0 Å². The first-order chi connectivity index (χ1) is 14.2. The molecule has 11 heteroatoms. The molecule has 1 N–H and O–H groups in total. The van der Waals surface area contributed by atoms with E-state index < -0.39 is 12.1 Å². The van der Waals surface area contributed by atoms with Gasteiger partial charge in [0.1, 0.15) is 0 Å².